The van der Waals surface area contributed by atoms with Crippen molar-refractivity contribution in [2.24, 2.45) is 0 Å². The number of nitrogens with two attached hydrogens (primary N) is 1. The lowest BCUT2D eigenvalue weighted by Gasteiger charge is -2.21. The largest absolute Gasteiger partial charge is 0.478 e. The van der Waals surface area contributed by atoms with E-state index < -0.39 is 5.97 Å². The van der Waals surface area contributed by atoms with Crippen molar-refractivity contribution in [1.82, 2.24) is 4.98 Å². The number of nitrogens with zero attached hydrogens (tertiary/aromatic N) is 1. The van der Waals surface area contributed by atoms with E-state index in [1.54, 1.807) is 0 Å². The van der Waals surface area contributed by atoms with Gasteiger partial charge in [0.05, 0.1) is 11.9 Å². The second-order valence-electron chi connectivity index (χ2n) is 3.92. The van der Waals surface area contributed by atoms with Crippen LogP contribution in [0.4, 0.5) is 11.5 Å². The lowest BCUT2D eigenvalue weighted by molar-refractivity contribution is 0.0697. The van der Waals surface area contributed by atoms with Crippen molar-refractivity contribution in [3.8, 4) is 0 Å². The summed E-state index contributed by atoms with van der Waals surface area (Å²) in [6, 6.07) is 1.43. The van der Waals surface area contributed by atoms with Gasteiger partial charge in [0.1, 0.15) is 11.4 Å². The average molecular weight is 285 g/mol. The van der Waals surface area contributed by atoms with Crippen molar-refractivity contribution >= 4 is 41.0 Å². The number of carboxylic acid groups (broad SMARTS) is 1. The fourth-order valence-electron chi connectivity index (χ4n) is 1.65. The molecule has 1 aromatic heterocycles. The van der Waals surface area contributed by atoms with E-state index in [4.69, 9.17) is 10.8 Å². The van der Waals surface area contributed by atoms with E-state index in [9.17, 15) is 4.79 Å². The van der Waals surface area contributed by atoms with Crippen molar-refractivity contribution in [3.63, 3.8) is 0 Å². The molecule has 1 aromatic rings. The number of aromatic carboxylic acids is 1. The van der Waals surface area contributed by atoms with Gasteiger partial charge in [-0.2, -0.15) is 23.5 Å². The van der Waals surface area contributed by atoms with Crippen LogP contribution >= 0.6 is 23.5 Å². The molecule has 1 saturated heterocycles. The fraction of sp³-hybridized carbons (Fsp3) is 0.455. The van der Waals surface area contributed by atoms with Gasteiger partial charge >= 0.3 is 5.97 Å². The van der Waals surface area contributed by atoms with Gasteiger partial charge in [-0.25, -0.2) is 9.78 Å². The summed E-state index contributed by atoms with van der Waals surface area (Å²) in [6.07, 6.45) is 1.47. The second-order valence-corrected chi connectivity index (χ2v) is 6.48. The average Bonchev–Trinajstić information content (AvgIpc) is 2.38. The number of carbonyl (C=O) groups is 1. The van der Waals surface area contributed by atoms with Crippen molar-refractivity contribution in [1.29, 1.82) is 0 Å². The lowest BCUT2D eigenvalue weighted by atomic mass is 10.2. The molecular weight excluding hydrogens is 270 g/mol. The molecule has 0 radical (unpaired) electrons. The van der Waals surface area contributed by atoms with Gasteiger partial charge in [-0.1, -0.05) is 0 Å². The van der Waals surface area contributed by atoms with E-state index in [0.29, 0.717) is 16.8 Å². The summed E-state index contributed by atoms with van der Waals surface area (Å²) in [7, 11) is 0. The molecule has 2 heterocycles. The monoisotopic (exact) mass is 285 g/mol. The summed E-state index contributed by atoms with van der Waals surface area (Å²) in [4.78, 5) is 15.1. The summed E-state index contributed by atoms with van der Waals surface area (Å²) in [5, 5.41) is 12.7. The van der Waals surface area contributed by atoms with E-state index in [2.05, 4.69) is 10.3 Å². The zero-order valence-electron chi connectivity index (χ0n) is 9.76. The number of nitrogens with one attached hydrogen (secondary N) is 1. The Bertz CT molecular complexity index is 436. The molecule has 7 heteroatoms. The van der Waals surface area contributed by atoms with Gasteiger partial charge in [0.15, 0.2) is 0 Å². The quantitative estimate of drug-likeness (QED) is 0.774. The van der Waals surface area contributed by atoms with Crippen LogP contribution in [0.15, 0.2) is 12.3 Å². The van der Waals surface area contributed by atoms with E-state index in [1.807, 2.05) is 23.5 Å². The predicted octanol–water partition coefficient (Wildman–Crippen LogP) is 1.62. The standard InChI is InChI=1S/C11H15N3O2S2/c12-7-3-9(11(15)16)10(13-4-7)14-5-8-6-17-1-2-18-8/h3-4,8H,1-2,5-6,12H2,(H,13,14)(H,15,16). The van der Waals surface area contributed by atoms with Gasteiger partial charge in [0, 0.05) is 29.1 Å². The fourth-order valence-corrected chi connectivity index (χ4v) is 4.26. The van der Waals surface area contributed by atoms with Crippen LogP contribution in [0.3, 0.4) is 0 Å². The molecule has 1 aliphatic rings. The van der Waals surface area contributed by atoms with Gasteiger partial charge in [-0.05, 0) is 6.07 Å². The molecule has 0 aromatic carbocycles. The van der Waals surface area contributed by atoms with E-state index in [-0.39, 0.29) is 5.56 Å². The Hall–Kier alpha value is -1.08. The van der Waals surface area contributed by atoms with Crippen LogP contribution in [0, 0.1) is 0 Å². The second kappa shape index (κ2) is 6.19. The number of rotatable bonds is 4. The summed E-state index contributed by atoms with van der Waals surface area (Å²) >= 11 is 3.85. The first-order valence-electron chi connectivity index (χ1n) is 5.59. The third kappa shape index (κ3) is 3.46. The highest BCUT2D eigenvalue weighted by Crippen LogP contribution is 2.24. The third-order valence-electron chi connectivity index (χ3n) is 2.52. The highest BCUT2D eigenvalue weighted by atomic mass is 32.2. The topological polar surface area (TPSA) is 88.2 Å². The summed E-state index contributed by atoms with van der Waals surface area (Å²) in [5.74, 6) is 2.82. The number of hydrogen-bond acceptors (Lipinski definition) is 6. The van der Waals surface area contributed by atoms with Crippen LogP contribution in [-0.4, -0.2) is 45.1 Å². The molecule has 4 N–H and O–H groups in total. The molecule has 1 fully saturated rings. The molecule has 5 nitrogen and oxygen atoms in total. The minimum Gasteiger partial charge on any atom is -0.478 e. The summed E-state index contributed by atoms with van der Waals surface area (Å²) in [6.45, 7) is 0.731. The Balaban J connectivity index is 2.01. The molecule has 1 atom stereocenters. The van der Waals surface area contributed by atoms with Crippen molar-refractivity contribution in [3.05, 3.63) is 17.8 Å². The van der Waals surface area contributed by atoms with E-state index in [1.165, 1.54) is 18.0 Å². The van der Waals surface area contributed by atoms with Crippen LogP contribution in [-0.2, 0) is 0 Å². The number of thioether (sulfide) groups is 2. The molecule has 18 heavy (non-hydrogen) atoms. The first-order chi connectivity index (χ1) is 8.66. The molecule has 0 spiro atoms. The minimum atomic E-state index is -1.01. The number of pyridine rings is 1. The Morgan fingerprint density at radius 1 is 1.61 bits per heavy atom. The van der Waals surface area contributed by atoms with E-state index >= 15 is 0 Å². The maximum Gasteiger partial charge on any atom is 0.339 e. The number of hydrogen-bond donors (Lipinski definition) is 3. The first-order valence-corrected chi connectivity index (χ1v) is 7.79. The van der Waals surface area contributed by atoms with Gasteiger partial charge < -0.3 is 16.2 Å². The molecule has 0 saturated carbocycles. The van der Waals surface area contributed by atoms with Crippen molar-refractivity contribution in [2.75, 3.05) is 34.9 Å². The lowest BCUT2D eigenvalue weighted by Crippen LogP contribution is -2.24. The van der Waals surface area contributed by atoms with Crippen LogP contribution in [0.5, 0.6) is 0 Å². The predicted molar refractivity (Wildman–Crippen MR) is 77.7 cm³/mol. The highest BCUT2D eigenvalue weighted by Gasteiger charge is 2.16. The van der Waals surface area contributed by atoms with Gasteiger partial charge in [-0.15, -0.1) is 0 Å². The molecule has 1 unspecified atom stereocenters. The Labute approximate surface area is 114 Å². The van der Waals surface area contributed by atoms with Gasteiger partial charge in [-0.3, -0.25) is 0 Å². The molecule has 0 aliphatic carbocycles. The molecule has 1 aliphatic heterocycles. The summed E-state index contributed by atoms with van der Waals surface area (Å²) < 4.78 is 0. The Kier molecular flexibility index (Phi) is 4.60. The van der Waals surface area contributed by atoms with Crippen LogP contribution in [0.25, 0.3) is 0 Å². The normalized spacial score (nSPS) is 19.4. The zero-order chi connectivity index (χ0) is 13.0. The molecule has 0 amide bonds. The molecule has 0 bridgehead atoms. The number of carboxylic acids is 1. The van der Waals surface area contributed by atoms with Crippen LogP contribution < -0.4 is 11.1 Å². The Morgan fingerprint density at radius 2 is 2.44 bits per heavy atom. The smallest absolute Gasteiger partial charge is 0.339 e. The maximum absolute atomic E-state index is 11.1. The SMILES string of the molecule is Nc1cnc(NCC2CSCCS2)c(C(=O)O)c1. The number of aromatic nitrogens is 1. The number of anilines is 2. The molecular formula is C11H15N3O2S2. The first kappa shape index (κ1) is 13.4. The zero-order valence-corrected chi connectivity index (χ0v) is 11.4. The van der Waals surface area contributed by atoms with Crippen LogP contribution in [0.1, 0.15) is 10.4 Å². The van der Waals surface area contributed by atoms with Crippen molar-refractivity contribution in [2.45, 2.75) is 5.25 Å². The van der Waals surface area contributed by atoms with Gasteiger partial charge in [0.2, 0.25) is 0 Å². The van der Waals surface area contributed by atoms with Crippen LogP contribution in [0.2, 0.25) is 0 Å². The molecule has 2 rings (SSSR count). The van der Waals surface area contributed by atoms with Crippen molar-refractivity contribution < 1.29 is 9.90 Å². The van der Waals surface area contributed by atoms with Gasteiger partial charge in [0.25, 0.3) is 0 Å². The Morgan fingerprint density at radius 3 is 3.11 bits per heavy atom. The third-order valence-corrected chi connectivity index (χ3v) is 5.37. The van der Waals surface area contributed by atoms with E-state index in [0.717, 1.165) is 18.1 Å². The highest BCUT2D eigenvalue weighted by molar-refractivity contribution is 8.06. The molecule has 98 valence electrons. The minimum absolute atomic E-state index is 0.128. The summed E-state index contributed by atoms with van der Waals surface area (Å²) in [5.41, 5.74) is 6.03. The number of nitrogen functional groups attached to an aromatic ring is 1. The maximum atomic E-state index is 11.1.